The lowest BCUT2D eigenvalue weighted by atomic mass is 10.2. The van der Waals surface area contributed by atoms with E-state index in [1.54, 1.807) is 20.0 Å². The molecular formula is C13H14N2O3S. The van der Waals surface area contributed by atoms with Crippen molar-refractivity contribution in [1.29, 1.82) is 0 Å². The van der Waals surface area contributed by atoms with E-state index in [2.05, 4.69) is 5.10 Å². The second-order valence-electron chi connectivity index (χ2n) is 3.95. The molecule has 2 aromatic rings. The Morgan fingerprint density at radius 3 is 2.74 bits per heavy atom. The van der Waals surface area contributed by atoms with Crippen LogP contribution in [0, 0.1) is 6.92 Å². The number of carboxylic acid groups (broad SMARTS) is 1. The van der Waals surface area contributed by atoms with Gasteiger partial charge in [-0.2, -0.15) is 5.10 Å². The van der Waals surface area contributed by atoms with Gasteiger partial charge in [0.2, 0.25) is 5.88 Å². The molecule has 0 aliphatic rings. The minimum Gasteiger partial charge on any atom is -0.477 e. The number of thioether (sulfide) groups is 1. The molecule has 2 rings (SSSR count). The van der Waals surface area contributed by atoms with Crippen LogP contribution in [0.5, 0.6) is 11.6 Å². The summed E-state index contributed by atoms with van der Waals surface area (Å²) < 4.78 is 7.18. The number of nitrogens with zero attached hydrogens (tertiary/aromatic N) is 2. The molecule has 0 radical (unpaired) electrons. The summed E-state index contributed by atoms with van der Waals surface area (Å²) in [5.41, 5.74) is 0.532. The molecule has 0 saturated heterocycles. The Labute approximate surface area is 115 Å². The lowest BCUT2D eigenvalue weighted by Gasteiger charge is -2.10. The SMILES string of the molecule is CSc1ccccc1Oc1c(C(=O)O)c(C)nn1C. The van der Waals surface area contributed by atoms with Crippen molar-refractivity contribution >= 4 is 17.7 Å². The predicted molar refractivity (Wildman–Crippen MR) is 73.2 cm³/mol. The highest BCUT2D eigenvalue weighted by molar-refractivity contribution is 7.98. The van der Waals surface area contributed by atoms with Gasteiger partial charge in [0.15, 0.2) is 0 Å². The van der Waals surface area contributed by atoms with Gasteiger partial charge in [-0.3, -0.25) is 0 Å². The maximum absolute atomic E-state index is 11.3. The number of aromatic carboxylic acids is 1. The van der Waals surface area contributed by atoms with Crippen LogP contribution in [0.3, 0.4) is 0 Å². The minimum atomic E-state index is -1.04. The topological polar surface area (TPSA) is 64.3 Å². The third kappa shape index (κ3) is 2.58. The molecule has 0 spiro atoms. The minimum absolute atomic E-state index is 0.0957. The van der Waals surface area contributed by atoms with E-state index in [1.807, 2.05) is 24.5 Å². The Hall–Kier alpha value is -1.95. The molecule has 19 heavy (non-hydrogen) atoms. The molecule has 0 amide bonds. The van der Waals surface area contributed by atoms with E-state index >= 15 is 0 Å². The Bertz CT molecular complexity index is 622. The van der Waals surface area contributed by atoms with Gasteiger partial charge in [-0.05, 0) is 25.3 Å². The summed E-state index contributed by atoms with van der Waals surface area (Å²) in [6.07, 6.45) is 1.94. The number of ether oxygens (including phenoxy) is 1. The Kier molecular flexibility index (Phi) is 3.80. The van der Waals surface area contributed by atoms with Gasteiger partial charge in [0.05, 0.1) is 5.69 Å². The number of carbonyl (C=O) groups is 1. The van der Waals surface area contributed by atoms with E-state index in [0.717, 1.165) is 4.90 Å². The number of aryl methyl sites for hydroxylation is 2. The fraction of sp³-hybridized carbons (Fsp3) is 0.231. The van der Waals surface area contributed by atoms with E-state index < -0.39 is 5.97 Å². The molecule has 1 aromatic carbocycles. The van der Waals surface area contributed by atoms with Gasteiger partial charge in [-0.15, -0.1) is 11.8 Å². The number of rotatable bonds is 4. The highest BCUT2D eigenvalue weighted by Crippen LogP contribution is 2.33. The van der Waals surface area contributed by atoms with Crippen LogP contribution in [0.1, 0.15) is 16.1 Å². The molecule has 1 heterocycles. The number of carboxylic acids is 1. The van der Waals surface area contributed by atoms with Crippen molar-refractivity contribution in [2.24, 2.45) is 7.05 Å². The Morgan fingerprint density at radius 1 is 1.42 bits per heavy atom. The van der Waals surface area contributed by atoms with Gasteiger partial charge in [0, 0.05) is 11.9 Å². The van der Waals surface area contributed by atoms with Gasteiger partial charge in [-0.25, -0.2) is 9.48 Å². The molecule has 6 heteroatoms. The van der Waals surface area contributed by atoms with Crippen molar-refractivity contribution in [3.63, 3.8) is 0 Å². The van der Waals surface area contributed by atoms with Crippen molar-refractivity contribution in [1.82, 2.24) is 9.78 Å². The first-order valence-electron chi connectivity index (χ1n) is 5.62. The van der Waals surface area contributed by atoms with Crippen molar-refractivity contribution in [2.75, 3.05) is 6.26 Å². The van der Waals surface area contributed by atoms with Crippen molar-refractivity contribution in [2.45, 2.75) is 11.8 Å². The summed E-state index contributed by atoms with van der Waals surface area (Å²) in [6.45, 7) is 1.65. The zero-order valence-corrected chi connectivity index (χ0v) is 11.7. The molecule has 0 fully saturated rings. The quantitative estimate of drug-likeness (QED) is 0.871. The summed E-state index contributed by atoms with van der Waals surface area (Å²) in [4.78, 5) is 12.2. The van der Waals surface area contributed by atoms with Crippen LogP contribution >= 0.6 is 11.8 Å². The van der Waals surface area contributed by atoms with Crippen LogP contribution in [0.2, 0.25) is 0 Å². The first kappa shape index (κ1) is 13.5. The first-order valence-corrected chi connectivity index (χ1v) is 6.84. The second-order valence-corrected chi connectivity index (χ2v) is 4.80. The molecule has 0 saturated carbocycles. The van der Waals surface area contributed by atoms with Crippen molar-refractivity contribution < 1.29 is 14.6 Å². The molecule has 0 unspecified atom stereocenters. The first-order chi connectivity index (χ1) is 9.04. The molecule has 100 valence electrons. The number of hydrogen-bond donors (Lipinski definition) is 1. The second kappa shape index (κ2) is 5.36. The van der Waals surface area contributed by atoms with E-state index in [1.165, 1.54) is 16.4 Å². The molecule has 1 aromatic heterocycles. The molecule has 0 bridgehead atoms. The molecule has 1 N–H and O–H groups in total. The van der Waals surface area contributed by atoms with Crippen LogP contribution in [0.25, 0.3) is 0 Å². The van der Waals surface area contributed by atoms with E-state index in [9.17, 15) is 9.90 Å². The summed E-state index contributed by atoms with van der Waals surface area (Å²) in [5.74, 6) is -0.172. The Balaban J connectivity index is 2.46. The predicted octanol–water partition coefficient (Wildman–Crippen LogP) is 2.94. The maximum Gasteiger partial charge on any atom is 0.343 e. The normalized spacial score (nSPS) is 10.5. The molecule has 0 aliphatic carbocycles. The number of para-hydroxylation sites is 1. The van der Waals surface area contributed by atoms with Crippen LogP contribution in [-0.4, -0.2) is 27.1 Å². The average Bonchev–Trinajstić information content (AvgIpc) is 2.65. The van der Waals surface area contributed by atoms with Gasteiger partial charge in [0.1, 0.15) is 11.3 Å². The number of hydrogen-bond acceptors (Lipinski definition) is 4. The molecule has 0 aliphatic heterocycles. The lowest BCUT2D eigenvalue weighted by molar-refractivity contribution is 0.0693. The van der Waals surface area contributed by atoms with Crippen LogP contribution < -0.4 is 4.74 Å². The monoisotopic (exact) mass is 278 g/mol. The van der Waals surface area contributed by atoms with Gasteiger partial charge in [-0.1, -0.05) is 12.1 Å². The number of benzene rings is 1. The highest BCUT2D eigenvalue weighted by Gasteiger charge is 2.22. The number of aromatic nitrogens is 2. The van der Waals surface area contributed by atoms with E-state index in [-0.39, 0.29) is 11.4 Å². The highest BCUT2D eigenvalue weighted by atomic mass is 32.2. The zero-order valence-electron chi connectivity index (χ0n) is 10.9. The van der Waals surface area contributed by atoms with Crippen LogP contribution in [0.15, 0.2) is 29.2 Å². The molecule has 5 nitrogen and oxygen atoms in total. The summed E-state index contributed by atoms with van der Waals surface area (Å²) >= 11 is 1.54. The fourth-order valence-electron chi connectivity index (χ4n) is 1.81. The fourth-order valence-corrected chi connectivity index (χ4v) is 2.33. The summed E-state index contributed by atoms with van der Waals surface area (Å²) in [5, 5.41) is 13.3. The smallest absolute Gasteiger partial charge is 0.343 e. The molecule has 0 atom stereocenters. The Morgan fingerprint density at radius 2 is 2.11 bits per heavy atom. The standard InChI is InChI=1S/C13H14N2O3S/c1-8-11(13(16)17)12(15(2)14-8)18-9-6-4-5-7-10(9)19-3/h4-7H,1-3H3,(H,16,17). The largest absolute Gasteiger partial charge is 0.477 e. The van der Waals surface area contributed by atoms with E-state index in [0.29, 0.717) is 11.4 Å². The van der Waals surface area contributed by atoms with Crippen LogP contribution in [-0.2, 0) is 7.05 Å². The maximum atomic E-state index is 11.3. The lowest BCUT2D eigenvalue weighted by Crippen LogP contribution is -2.02. The third-order valence-electron chi connectivity index (χ3n) is 2.66. The average molecular weight is 278 g/mol. The summed E-state index contributed by atoms with van der Waals surface area (Å²) in [7, 11) is 1.66. The molecular weight excluding hydrogens is 264 g/mol. The summed E-state index contributed by atoms with van der Waals surface area (Å²) in [6, 6.07) is 7.48. The van der Waals surface area contributed by atoms with Gasteiger partial charge in [0.25, 0.3) is 0 Å². The van der Waals surface area contributed by atoms with Crippen molar-refractivity contribution in [3.05, 3.63) is 35.5 Å². The van der Waals surface area contributed by atoms with Gasteiger partial charge < -0.3 is 9.84 Å². The zero-order chi connectivity index (χ0) is 14.0. The van der Waals surface area contributed by atoms with E-state index in [4.69, 9.17) is 4.74 Å². The van der Waals surface area contributed by atoms with Crippen molar-refractivity contribution in [3.8, 4) is 11.6 Å². The van der Waals surface area contributed by atoms with Crippen LogP contribution in [0.4, 0.5) is 0 Å². The van der Waals surface area contributed by atoms with Gasteiger partial charge >= 0.3 is 5.97 Å². The third-order valence-corrected chi connectivity index (χ3v) is 3.44.